The summed E-state index contributed by atoms with van der Waals surface area (Å²) in [5.74, 6) is -0.866. The van der Waals surface area contributed by atoms with Crippen LogP contribution in [0, 0.1) is 17.6 Å². The van der Waals surface area contributed by atoms with Crippen molar-refractivity contribution in [1.82, 2.24) is 4.90 Å². The molecule has 1 fully saturated rings. The molecular weight excluding hydrogens is 222 g/mol. The third-order valence-electron chi connectivity index (χ3n) is 3.33. The quantitative estimate of drug-likeness (QED) is 0.855. The van der Waals surface area contributed by atoms with E-state index in [-0.39, 0.29) is 6.04 Å². The molecule has 1 aliphatic rings. The number of nitrogens with zero attached hydrogens (tertiary/aromatic N) is 1. The van der Waals surface area contributed by atoms with Crippen molar-refractivity contribution in [3.63, 3.8) is 0 Å². The first-order valence-corrected chi connectivity index (χ1v) is 5.97. The molecular formula is C13H18F2N2. The summed E-state index contributed by atoms with van der Waals surface area (Å²) in [6, 6.07) is 3.99. The van der Waals surface area contributed by atoms with E-state index in [1.807, 2.05) is 7.05 Å². The van der Waals surface area contributed by atoms with E-state index in [1.54, 1.807) is 6.07 Å². The van der Waals surface area contributed by atoms with E-state index in [1.165, 1.54) is 18.9 Å². The van der Waals surface area contributed by atoms with E-state index >= 15 is 0 Å². The minimum Gasteiger partial charge on any atom is -0.329 e. The molecule has 2 N–H and O–H groups in total. The highest BCUT2D eigenvalue weighted by Gasteiger charge is 2.26. The van der Waals surface area contributed by atoms with Gasteiger partial charge in [0.15, 0.2) is 11.6 Å². The predicted octanol–water partition coefficient (Wildman–Crippen LogP) is 2.31. The van der Waals surface area contributed by atoms with Crippen molar-refractivity contribution in [1.29, 1.82) is 0 Å². The van der Waals surface area contributed by atoms with Crippen molar-refractivity contribution in [2.45, 2.75) is 18.9 Å². The number of hydrogen-bond donors (Lipinski definition) is 1. The molecule has 0 aromatic heterocycles. The highest BCUT2D eigenvalue weighted by atomic mass is 19.2. The van der Waals surface area contributed by atoms with Gasteiger partial charge in [-0.05, 0) is 43.5 Å². The average molecular weight is 240 g/mol. The summed E-state index contributed by atoms with van der Waals surface area (Å²) in [5, 5.41) is 0. The largest absolute Gasteiger partial charge is 0.329 e. The summed E-state index contributed by atoms with van der Waals surface area (Å²) in [6.45, 7) is 1.38. The maximum Gasteiger partial charge on any atom is 0.159 e. The Morgan fingerprint density at radius 2 is 2.06 bits per heavy atom. The number of halogens is 2. The van der Waals surface area contributed by atoms with Crippen LogP contribution in [-0.4, -0.2) is 25.0 Å². The molecule has 1 atom stereocenters. The summed E-state index contributed by atoms with van der Waals surface area (Å²) in [4.78, 5) is 2.13. The lowest BCUT2D eigenvalue weighted by Crippen LogP contribution is -2.32. The van der Waals surface area contributed by atoms with Crippen LogP contribution in [0.2, 0.25) is 0 Å². The smallest absolute Gasteiger partial charge is 0.159 e. The van der Waals surface area contributed by atoms with Crippen LogP contribution in [0.3, 0.4) is 0 Å². The fraction of sp³-hybridized carbons (Fsp3) is 0.538. The van der Waals surface area contributed by atoms with Gasteiger partial charge in [0.25, 0.3) is 0 Å². The summed E-state index contributed by atoms with van der Waals surface area (Å²) >= 11 is 0. The highest BCUT2D eigenvalue weighted by molar-refractivity contribution is 5.21. The molecule has 0 saturated heterocycles. The Hall–Kier alpha value is -1.00. The molecule has 0 aliphatic heterocycles. The van der Waals surface area contributed by atoms with Gasteiger partial charge in [-0.25, -0.2) is 8.78 Å². The van der Waals surface area contributed by atoms with Crippen molar-refractivity contribution in [2.75, 3.05) is 20.1 Å². The van der Waals surface area contributed by atoms with Gasteiger partial charge in [0.2, 0.25) is 0 Å². The SMILES string of the molecule is CN(CC1CC1)C(CN)c1ccc(F)c(F)c1. The molecule has 1 aromatic rings. The molecule has 1 saturated carbocycles. The minimum atomic E-state index is -0.811. The molecule has 1 unspecified atom stereocenters. The van der Waals surface area contributed by atoms with Crippen LogP contribution >= 0.6 is 0 Å². The van der Waals surface area contributed by atoms with Gasteiger partial charge in [0.05, 0.1) is 0 Å². The molecule has 1 aliphatic carbocycles. The lowest BCUT2D eigenvalue weighted by molar-refractivity contribution is 0.239. The van der Waals surface area contributed by atoms with Gasteiger partial charge < -0.3 is 5.73 Å². The van der Waals surface area contributed by atoms with Crippen molar-refractivity contribution in [2.24, 2.45) is 11.7 Å². The first kappa shape index (κ1) is 12.5. The fourth-order valence-corrected chi connectivity index (χ4v) is 2.13. The molecule has 0 spiro atoms. The van der Waals surface area contributed by atoms with E-state index in [4.69, 9.17) is 5.73 Å². The second kappa shape index (κ2) is 5.10. The highest BCUT2D eigenvalue weighted by Crippen LogP contribution is 2.32. The second-order valence-electron chi connectivity index (χ2n) is 4.81. The molecule has 0 amide bonds. The molecule has 0 radical (unpaired) electrons. The fourth-order valence-electron chi connectivity index (χ4n) is 2.13. The number of benzene rings is 1. The van der Waals surface area contributed by atoms with Crippen LogP contribution in [0.4, 0.5) is 8.78 Å². The van der Waals surface area contributed by atoms with Gasteiger partial charge >= 0.3 is 0 Å². The van der Waals surface area contributed by atoms with E-state index in [0.717, 1.165) is 24.1 Å². The Kier molecular flexibility index (Phi) is 3.74. The van der Waals surface area contributed by atoms with Crippen molar-refractivity contribution >= 4 is 0 Å². The molecule has 2 nitrogen and oxygen atoms in total. The minimum absolute atomic E-state index is 0.0364. The summed E-state index contributed by atoms with van der Waals surface area (Å²) < 4.78 is 26.0. The molecule has 17 heavy (non-hydrogen) atoms. The Morgan fingerprint density at radius 3 is 2.59 bits per heavy atom. The van der Waals surface area contributed by atoms with Gasteiger partial charge in [-0.1, -0.05) is 6.07 Å². The molecule has 94 valence electrons. The van der Waals surface area contributed by atoms with Crippen LogP contribution in [0.1, 0.15) is 24.4 Å². The number of hydrogen-bond acceptors (Lipinski definition) is 2. The van der Waals surface area contributed by atoms with Crippen LogP contribution in [-0.2, 0) is 0 Å². The summed E-state index contributed by atoms with van der Waals surface area (Å²) in [5.41, 5.74) is 6.48. The monoisotopic (exact) mass is 240 g/mol. The maximum absolute atomic E-state index is 13.2. The third-order valence-corrected chi connectivity index (χ3v) is 3.33. The van der Waals surface area contributed by atoms with Crippen molar-refractivity contribution in [3.05, 3.63) is 35.4 Å². The average Bonchev–Trinajstić information content (AvgIpc) is 3.08. The standard InChI is InChI=1S/C13H18F2N2/c1-17(8-9-2-3-9)13(7-16)10-4-5-11(14)12(15)6-10/h4-6,9,13H,2-3,7-8,16H2,1H3. The Balaban J connectivity index is 2.12. The van der Waals surface area contributed by atoms with Crippen LogP contribution in [0.25, 0.3) is 0 Å². The molecule has 0 bridgehead atoms. The van der Waals surface area contributed by atoms with E-state index in [9.17, 15) is 8.78 Å². The van der Waals surface area contributed by atoms with E-state index in [2.05, 4.69) is 4.90 Å². The van der Waals surface area contributed by atoms with Gasteiger partial charge in [-0.15, -0.1) is 0 Å². The number of nitrogens with two attached hydrogens (primary N) is 1. The maximum atomic E-state index is 13.2. The van der Waals surface area contributed by atoms with Crippen molar-refractivity contribution < 1.29 is 8.78 Å². The molecule has 0 heterocycles. The number of likely N-dealkylation sites (N-methyl/N-ethyl adjacent to an activating group) is 1. The van der Waals surface area contributed by atoms with Crippen molar-refractivity contribution in [3.8, 4) is 0 Å². The number of rotatable bonds is 5. The first-order valence-electron chi connectivity index (χ1n) is 5.97. The Morgan fingerprint density at radius 1 is 1.35 bits per heavy atom. The Labute approximate surface area is 100 Å². The zero-order valence-electron chi connectivity index (χ0n) is 10.00. The van der Waals surface area contributed by atoms with Crippen LogP contribution in [0.5, 0.6) is 0 Å². The zero-order valence-corrected chi connectivity index (χ0v) is 10.00. The molecule has 2 rings (SSSR count). The first-order chi connectivity index (χ1) is 8.11. The predicted molar refractivity (Wildman–Crippen MR) is 63.5 cm³/mol. The molecule has 4 heteroatoms. The lowest BCUT2D eigenvalue weighted by atomic mass is 10.1. The summed E-state index contributed by atoms with van der Waals surface area (Å²) in [7, 11) is 1.98. The normalized spacial score (nSPS) is 17.5. The van der Waals surface area contributed by atoms with Gasteiger partial charge in [0.1, 0.15) is 0 Å². The van der Waals surface area contributed by atoms with Gasteiger partial charge in [0, 0.05) is 19.1 Å². The topological polar surface area (TPSA) is 29.3 Å². The van der Waals surface area contributed by atoms with Crippen LogP contribution in [0.15, 0.2) is 18.2 Å². The lowest BCUT2D eigenvalue weighted by Gasteiger charge is -2.27. The third kappa shape index (κ3) is 3.01. The summed E-state index contributed by atoms with van der Waals surface area (Å²) in [6.07, 6.45) is 2.53. The second-order valence-corrected chi connectivity index (χ2v) is 4.81. The molecule has 1 aromatic carbocycles. The van der Waals surface area contributed by atoms with E-state index < -0.39 is 11.6 Å². The van der Waals surface area contributed by atoms with Crippen LogP contribution < -0.4 is 5.73 Å². The van der Waals surface area contributed by atoms with E-state index in [0.29, 0.717) is 6.54 Å². The Bertz CT molecular complexity index is 391. The van der Waals surface area contributed by atoms with Gasteiger partial charge in [-0.2, -0.15) is 0 Å². The van der Waals surface area contributed by atoms with Gasteiger partial charge in [-0.3, -0.25) is 4.90 Å². The zero-order chi connectivity index (χ0) is 12.4.